The van der Waals surface area contributed by atoms with Crippen molar-refractivity contribution in [2.45, 2.75) is 34.1 Å². The van der Waals surface area contributed by atoms with Crippen molar-refractivity contribution in [2.24, 2.45) is 11.7 Å². The zero-order valence-corrected chi connectivity index (χ0v) is 7.77. The Hall–Kier alpha value is -0.790. The van der Waals surface area contributed by atoms with Gasteiger partial charge in [-0.05, 0) is 26.2 Å². The van der Waals surface area contributed by atoms with Crippen LogP contribution in [0.4, 0.5) is 0 Å². The molecule has 0 aromatic rings. The molecule has 64 valence electrons. The number of hydrogen-bond acceptors (Lipinski definition) is 2. The Balaban J connectivity index is 4.63. The van der Waals surface area contributed by atoms with Crippen LogP contribution in [0.1, 0.15) is 34.1 Å². The molecule has 0 bridgehead atoms. The number of carbonyl (C=O) groups excluding carboxylic acids is 1. The first kappa shape index (κ1) is 10.2. The van der Waals surface area contributed by atoms with E-state index >= 15 is 0 Å². The molecule has 11 heavy (non-hydrogen) atoms. The molecular weight excluding hydrogens is 138 g/mol. The Morgan fingerprint density at radius 1 is 1.45 bits per heavy atom. The summed E-state index contributed by atoms with van der Waals surface area (Å²) < 4.78 is 0. The van der Waals surface area contributed by atoms with Crippen LogP contribution in [0.3, 0.4) is 0 Å². The van der Waals surface area contributed by atoms with E-state index in [0.29, 0.717) is 5.70 Å². The predicted octanol–water partition coefficient (Wildman–Crippen LogP) is 1.85. The fraction of sp³-hybridized carbons (Fsp3) is 0.667. The molecule has 0 spiro atoms. The summed E-state index contributed by atoms with van der Waals surface area (Å²) in [5, 5.41) is 0. The summed E-state index contributed by atoms with van der Waals surface area (Å²) in [5.41, 5.74) is 7.02. The maximum absolute atomic E-state index is 11.0. The summed E-state index contributed by atoms with van der Waals surface area (Å²) in [4.78, 5) is 11.0. The second-order valence-corrected chi connectivity index (χ2v) is 2.96. The lowest BCUT2D eigenvalue weighted by molar-refractivity contribution is -0.114. The number of Topliss-reactive ketones (excluding diaryl/α,β-unsaturated/α-hetero) is 1. The SMILES string of the molecule is CCC(C)C(C(C)=O)=C(C)N. The predicted molar refractivity (Wildman–Crippen MR) is 47.0 cm³/mol. The van der Waals surface area contributed by atoms with Crippen molar-refractivity contribution in [2.75, 3.05) is 0 Å². The molecule has 0 aliphatic rings. The van der Waals surface area contributed by atoms with Crippen LogP contribution >= 0.6 is 0 Å². The molecule has 1 atom stereocenters. The first-order chi connectivity index (χ1) is 5.00. The Kier molecular flexibility index (Phi) is 3.86. The fourth-order valence-electron chi connectivity index (χ4n) is 1.22. The minimum absolute atomic E-state index is 0.0966. The smallest absolute Gasteiger partial charge is 0.157 e. The summed E-state index contributed by atoms with van der Waals surface area (Å²) in [7, 11) is 0. The molecule has 0 amide bonds. The van der Waals surface area contributed by atoms with E-state index in [9.17, 15) is 4.79 Å². The van der Waals surface area contributed by atoms with Crippen molar-refractivity contribution in [3.8, 4) is 0 Å². The number of ketones is 1. The van der Waals surface area contributed by atoms with E-state index < -0.39 is 0 Å². The van der Waals surface area contributed by atoms with E-state index in [0.717, 1.165) is 12.0 Å². The molecular formula is C9H17NO. The third-order valence-corrected chi connectivity index (χ3v) is 1.91. The molecule has 2 heteroatoms. The quantitative estimate of drug-likeness (QED) is 0.632. The van der Waals surface area contributed by atoms with Gasteiger partial charge in [-0.15, -0.1) is 0 Å². The van der Waals surface area contributed by atoms with E-state index in [1.807, 2.05) is 6.92 Å². The average Bonchev–Trinajstić information content (AvgIpc) is 1.85. The summed E-state index contributed by atoms with van der Waals surface area (Å²) in [6.45, 7) is 7.42. The lowest BCUT2D eigenvalue weighted by atomic mass is 9.94. The molecule has 2 nitrogen and oxygen atoms in total. The number of hydrogen-bond donors (Lipinski definition) is 1. The van der Waals surface area contributed by atoms with Gasteiger partial charge in [0.1, 0.15) is 0 Å². The van der Waals surface area contributed by atoms with Gasteiger partial charge in [0, 0.05) is 11.3 Å². The lowest BCUT2D eigenvalue weighted by Gasteiger charge is -2.12. The van der Waals surface area contributed by atoms with Gasteiger partial charge in [-0.1, -0.05) is 13.8 Å². The van der Waals surface area contributed by atoms with Crippen molar-refractivity contribution in [1.29, 1.82) is 0 Å². The Morgan fingerprint density at radius 3 is 2.00 bits per heavy atom. The van der Waals surface area contributed by atoms with Crippen molar-refractivity contribution >= 4 is 5.78 Å². The Labute approximate surface area is 68.5 Å². The number of rotatable bonds is 3. The van der Waals surface area contributed by atoms with E-state index in [-0.39, 0.29) is 11.7 Å². The second kappa shape index (κ2) is 4.16. The highest BCUT2D eigenvalue weighted by atomic mass is 16.1. The van der Waals surface area contributed by atoms with Crippen LogP contribution < -0.4 is 5.73 Å². The maximum atomic E-state index is 11.0. The topological polar surface area (TPSA) is 43.1 Å². The third-order valence-electron chi connectivity index (χ3n) is 1.91. The number of carbonyl (C=O) groups is 1. The largest absolute Gasteiger partial charge is 0.402 e. The molecule has 0 heterocycles. The molecule has 0 aromatic heterocycles. The molecule has 0 aliphatic heterocycles. The van der Waals surface area contributed by atoms with Gasteiger partial charge in [0.15, 0.2) is 5.78 Å². The number of allylic oxidation sites excluding steroid dienone is 2. The van der Waals surface area contributed by atoms with Gasteiger partial charge in [-0.3, -0.25) is 4.79 Å². The van der Waals surface area contributed by atoms with E-state index in [4.69, 9.17) is 5.73 Å². The van der Waals surface area contributed by atoms with Crippen LogP contribution in [0.5, 0.6) is 0 Å². The van der Waals surface area contributed by atoms with Crippen molar-refractivity contribution < 1.29 is 4.79 Å². The normalized spacial score (nSPS) is 15.6. The van der Waals surface area contributed by atoms with E-state index in [2.05, 4.69) is 6.92 Å². The van der Waals surface area contributed by atoms with Crippen molar-refractivity contribution in [3.05, 3.63) is 11.3 Å². The standard InChI is InChI=1S/C9H17NO/c1-5-6(2)9(7(3)10)8(4)11/h6H,5,10H2,1-4H3. The molecule has 0 radical (unpaired) electrons. The van der Waals surface area contributed by atoms with Crippen LogP contribution in [-0.2, 0) is 4.79 Å². The van der Waals surface area contributed by atoms with Gasteiger partial charge >= 0.3 is 0 Å². The van der Waals surface area contributed by atoms with Gasteiger partial charge < -0.3 is 5.73 Å². The molecule has 1 unspecified atom stereocenters. The van der Waals surface area contributed by atoms with Gasteiger partial charge in [0.2, 0.25) is 0 Å². The summed E-state index contributed by atoms with van der Waals surface area (Å²) in [6.07, 6.45) is 0.962. The first-order valence-corrected chi connectivity index (χ1v) is 3.97. The van der Waals surface area contributed by atoms with Gasteiger partial charge in [-0.2, -0.15) is 0 Å². The van der Waals surface area contributed by atoms with E-state index in [1.165, 1.54) is 0 Å². The molecule has 0 rings (SSSR count). The molecule has 0 aromatic carbocycles. The molecule has 0 fully saturated rings. The molecule has 0 aliphatic carbocycles. The third kappa shape index (κ3) is 2.74. The van der Waals surface area contributed by atoms with Crippen molar-refractivity contribution in [1.82, 2.24) is 0 Å². The van der Waals surface area contributed by atoms with Gasteiger partial charge in [-0.25, -0.2) is 0 Å². The second-order valence-electron chi connectivity index (χ2n) is 2.96. The maximum Gasteiger partial charge on any atom is 0.157 e. The monoisotopic (exact) mass is 155 g/mol. The van der Waals surface area contributed by atoms with Crippen LogP contribution in [0, 0.1) is 5.92 Å². The van der Waals surface area contributed by atoms with Gasteiger partial charge in [0.25, 0.3) is 0 Å². The Morgan fingerprint density at radius 2 is 1.91 bits per heavy atom. The zero-order valence-electron chi connectivity index (χ0n) is 7.77. The molecule has 2 N–H and O–H groups in total. The van der Waals surface area contributed by atoms with Gasteiger partial charge in [0.05, 0.1) is 0 Å². The molecule has 0 saturated carbocycles. The summed E-state index contributed by atoms with van der Waals surface area (Å²) in [5.74, 6) is 0.386. The lowest BCUT2D eigenvalue weighted by Crippen LogP contribution is -2.12. The zero-order chi connectivity index (χ0) is 9.02. The van der Waals surface area contributed by atoms with Crippen LogP contribution in [0.25, 0.3) is 0 Å². The minimum Gasteiger partial charge on any atom is -0.402 e. The van der Waals surface area contributed by atoms with Crippen molar-refractivity contribution in [3.63, 3.8) is 0 Å². The van der Waals surface area contributed by atoms with E-state index in [1.54, 1.807) is 13.8 Å². The number of nitrogens with two attached hydrogens (primary N) is 1. The summed E-state index contributed by atoms with van der Waals surface area (Å²) >= 11 is 0. The highest BCUT2D eigenvalue weighted by Gasteiger charge is 2.12. The average molecular weight is 155 g/mol. The van der Waals surface area contributed by atoms with Crippen LogP contribution in [0.2, 0.25) is 0 Å². The van der Waals surface area contributed by atoms with Crippen LogP contribution in [-0.4, -0.2) is 5.78 Å². The summed E-state index contributed by atoms with van der Waals surface area (Å²) in [6, 6.07) is 0. The molecule has 0 saturated heterocycles. The Bertz CT molecular complexity index is 178. The highest BCUT2D eigenvalue weighted by Crippen LogP contribution is 2.16. The fourth-order valence-corrected chi connectivity index (χ4v) is 1.22. The van der Waals surface area contributed by atoms with Crippen LogP contribution in [0.15, 0.2) is 11.3 Å². The highest BCUT2D eigenvalue weighted by molar-refractivity contribution is 5.94. The first-order valence-electron chi connectivity index (χ1n) is 3.97. The minimum atomic E-state index is 0.0966.